The number of rotatable bonds is 1. The van der Waals surface area contributed by atoms with Crippen molar-refractivity contribution >= 4 is 12.0 Å². The summed E-state index contributed by atoms with van der Waals surface area (Å²) < 4.78 is 0. The minimum atomic E-state index is -0.957. The second kappa shape index (κ2) is 2.82. The predicted molar refractivity (Wildman–Crippen MR) is 46.2 cm³/mol. The van der Waals surface area contributed by atoms with Gasteiger partial charge in [0.15, 0.2) is 5.75 Å². The quantitative estimate of drug-likeness (QED) is 0.677. The zero-order chi connectivity index (χ0) is 9.26. The molecule has 0 atom stereocenters. The minimum Gasteiger partial charge on any atom is -0.478 e. The molecule has 0 bridgehead atoms. The summed E-state index contributed by atoms with van der Waals surface area (Å²) in [7, 11) is 0. The van der Waals surface area contributed by atoms with Crippen molar-refractivity contribution in [3.05, 3.63) is 35.5 Å². The summed E-state index contributed by atoms with van der Waals surface area (Å²) in [5.74, 6) is -0.427. The number of carboxylic acid groups (broad SMARTS) is 1. The fraction of sp³-hybridized carbons (Fsp3) is 0. The zero-order valence-electron chi connectivity index (χ0n) is 6.65. The van der Waals surface area contributed by atoms with E-state index in [1.807, 2.05) is 6.08 Å². The second-order valence-electron chi connectivity index (χ2n) is 2.61. The summed E-state index contributed by atoms with van der Waals surface area (Å²) in [6, 6.07) is 4.73. The molecule has 1 aromatic carbocycles. The van der Waals surface area contributed by atoms with Crippen molar-refractivity contribution in [3.8, 4) is 5.75 Å². The molecule has 4 heteroatoms. The highest BCUT2D eigenvalue weighted by atomic mass is 16.6. The third-order valence-corrected chi connectivity index (χ3v) is 1.76. The highest BCUT2D eigenvalue weighted by Gasteiger charge is 2.09. The minimum absolute atomic E-state index is 0.218. The number of aromatic carboxylic acids is 1. The SMILES string of the molecule is O=C(O)c1ccc2c(c1)ONC=C2. The molecule has 4 nitrogen and oxygen atoms in total. The summed E-state index contributed by atoms with van der Waals surface area (Å²) in [6.45, 7) is 0. The Balaban J connectivity index is 2.48. The Bertz CT molecular complexity index is 384. The van der Waals surface area contributed by atoms with Crippen molar-refractivity contribution in [1.29, 1.82) is 0 Å². The second-order valence-corrected chi connectivity index (χ2v) is 2.61. The van der Waals surface area contributed by atoms with Crippen LogP contribution < -0.4 is 10.3 Å². The number of carbonyl (C=O) groups is 1. The van der Waals surface area contributed by atoms with Gasteiger partial charge in [-0.2, -0.15) is 0 Å². The monoisotopic (exact) mass is 177 g/mol. The standard InChI is InChI=1S/C9H7NO3/c11-9(12)7-2-1-6-3-4-10-13-8(6)5-7/h1-5,10H,(H,11,12). The van der Waals surface area contributed by atoms with E-state index in [-0.39, 0.29) is 5.56 Å². The fourth-order valence-electron chi connectivity index (χ4n) is 1.11. The van der Waals surface area contributed by atoms with Crippen LogP contribution in [0.5, 0.6) is 5.75 Å². The Labute approximate surface area is 74.4 Å². The van der Waals surface area contributed by atoms with Crippen LogP contribution in [0.2, 0.25) is 0 Å². The first kappa shape index (κ1) is 7.67. The number of fused-ring (bicyclic) bond motifs is 1. The topological polar surface area (TPSA) is 58.6 Å². The van der Waals surface area contributed by atoms with Gasteiger partial charge in [-0.1, -0.05) is 6.07 Å². The third kappa shape index (κ3) is 1.33. The summed E-state index contributed by atoms with van der Waals surface area (Å²) in [4.78, 5) is 15.6. The lowest BCUT2D eigenvalue weighted by Crippen LogP contribution is -2.14. The molecule has 2 rings (SSSR count). The van der Waals surface area contributed by atoms with Crippen LogP contribution in [0.4, 0.5) is 0 Å². The predicted octanol–water partition coefficient (Wildman–Crippen LogP) is 1.25. The number of hydrogen-bond donors (Lipinski definition) is 2. The molecule has 66 valence electrons. The maximum atomic E-state index is 10.6. The maximum absolute atomic E-state index is 10.6. The molecule has 1 heterocycles. The molecule has 0 amide bonds. The molecule has 1 aliphatic heterocycles. The molecule has 0 unspecified atom stereocenters. The van der Waals surface area contributed by atoms with Gasteiger partial charge in [-0.25, -0.2) is 10.3 Å². The van der Waals surface area contributed by atoms with Crippen molar-refractivity contribution in [2.24, 2.45) is 0 Å². The first-order valence-corrected chi connectivity index (χ1v) is 3.73. The molecule has 0 aromatic heterocycles. The van der Waals surface area contributed by atoms with Crippen molar-refractivity contribution in [2.75, 3.05) is 0 Å². The van der Waals surface area contributed by atoms with Gasteiger partial charge in [0.2, 0.25) is 0 Å². The van der Waals surface area contributed by atoms with E-state index in [4.69, 9.17) is 9.94 Å². The van der Waals surface area contributed by atoms with Gasteiger partial charge in [0, 0.05) is 11.8 Å². The van der Waals surface area contributed by atoms with Crippen molar-refractivity contribution in [2.45, 2.75) is 0 Å². The summed E-state index contributed by atoms with van der Waals surface area (Å²) in [6.07, 6.45) is 3.45. The van der Waals surface area contributed by atoms with Crippen LogP contribution in [0.3, 0.4) is 0 Å². The van der Waals surface area contributed by atoms with Gasteiger partial charge in [-0.05, 0) is 18.2 Å². The average molecular weight is 177 g/mol. The maximum Gasteiger partial charge on any atom is 0.335 e. The first-order chi connectivity index (χ1) is 6.27. The molecular weight excluding hydrogens is 170 g/mol. The van der Waals surface area contributed by atoms with Gasteiger partial charge < -0.3 is 9.94 Å². The molecule has 2 N–H and O–H groups in total. The fourth-order valence-corrected chi connectivity index (χ4v) is 1.11. The number of hydroxylamine groups is 1. The van der Waals surface area contributed by atoms with Gasteiger partial charge >= 0.3 is 5.97 Å². The molecule has 0 radical (unpaired) electrons. The van der Waals surface area contributed by atoms with Crippen molar-refractivity contribution in [1.82, 2.24) is 5.48 Å². The van der Waals surface area contributed by atoms with E-state index in [2.05, 4.69) is 5.48 Å². The number of benzene rings is 1. The molecule has 1 aromatic rings. The average Bonchev–Trinajstić information content (AvgIpc) is 2.17. The molecule has 0 saturated carbocycles. The smallest absolute Gasteiger partial charge is 0.335 e. The molecule has 1 aliphatic rings. The van der Waals surface area contributed by atoms with Crippen LogP contribution in [-0.4, -0.2) is 11.1 Å². The van der Waals surface area contributed by atoms with Crippen LogP contribution >= 0.6 is 0 Å². The highest BCUT2D eigenvalue weighted by molar-refractivity contribution is 5.88. The summed E-state index contributed by atoms with van der Waals surface area (Å²) in [5.41, 5.74) is 3.62. The Morgan fingerprint density at radius 2 is 2.31 bits per heavy atom. The molecule has 0 fully saturated rings. The largest absolute Gasteiger partial charge is 0.478 e. The Morgan fingerprint density at radius 3 is 3.08 bits per heavy atom. The number of carboxylic acids is 1. The van der Waals surface area contributed by atoms with Gasteiger partial charge in [0.1, 0.15) is 0 Å². The van der Waals surface area contributed by atoms with Gasteiger partial charge in [-0.3, -0.25) is 0 Å². The van der Waals surface area contributed by atoms with E-state index in [1.54, 1.807) is 18.3 Å². The van der Waals surface area contributed by atoms with Crippen molar-refractivity contribution in [3.63, 3.8) is 0 Å². The number of nitrogens with one attached hydrogen (secondary N) is 1. The van der Waals surface area contributed by atoms with E-state index >= 15 is 0 Å². The highest BCUT2D eigenvalue weighted by Crippen LogP contribution is 2.23. The molecule has 0 spiro atoms. The van der Waals surface area contributed by atoms with E-state index < -0.39 is 5.97 Å². The zero-order valence-corrected chi connectivity index (χ0v) is 6.65. The van der Waals surface area contributed by atoms with E-state index in [1.165, 1.54) is 6.07 Å². The molecule has 13 heavy (non-hydrogen) atoms. The summed E-state index contributed by atoms with van der Waals surface area (Å²) >= 11 is 0. The Morgan fingerprint density at radius 1 is 1.46 bits per heavy atom. The van der Waals surface area contributed by atoms with E-state index in [0.717, 1.165) is 5.56 Å². The lowest BCUT2D eigenvalue weighted by atomic mass is 10.1. The summed E-state index contributed by atoms with van der Waals surface area (Å²) in [5, 5.41) is 8.69. The molecule has 0 aliphatic carbocycles. The molecular formula is C9H7NO3. The van der Waals surface area contributed by atoms with E-state index in [0.29, 0.717) is 5.75 Å². The third-order valence-electron chi connectivity index (χ3n) is 1.76. The van der Waals surface area contributed by atoms with Crippen LogP contribution in [0, 0.1) is 0 Å². The van der Waals surface area contributed by atoms with E-state index in [9.17, 15) is 4.79 Å². The number of hydrogen-bond acceptors (Lipinski definition) is 3. The Kier molecular flexibility index (Phi) is 1.66. The lowest BCUT2D eigenvalue weighted by Gasteiger charge is -2.12. The van der Waals surface area contributed by atoms with Crippen LogP contribution in [0.15, 0.2) is 24.4 Å². The first-order valence-electron chi connectivity index (χ1n) is 3.73. The lowest BCUT2D eigenvalue weighted by molar-refractivity contribution is 0.0696. The van der Waals surface area contributed by atoms with Crippen LogP contribution in [0.25, 0.3) is 6.08 Å². The van der Waals surface area contributed by atoms with Gasteiger partial charge in [0.25, 0.3) is 0 Å². The van der Waals surface area contributed by atoms with Crippen LogP contribution in [0.1, 0.15) is 15.9 Å². The van der Waals surface area contributed by atoms with Crippen molar-refractivity contribution < 1.29 is 14.7 Å². The van der Waals surface area contributed by atoms with Gasteiger partial charge in [0.05, 0.1) is 5.56 Å². The Hall–Kier alpha value is -1.97. The van der Waals surface area contributed by atoms with Crippen LogP contribution in [-0.2, 0) is 0 Å². The van der Waals surface area contributed by atoms with Gasteiger partial charge in [-0.15, -0.1) is 0 Å². The molecule has 0 saturated heterocycles. The normalized spacial score (nSPS) is 12.6.